The number of nitrogens with one attached hydrogen (secondary N) is 1. The maximum atomic E-state index is 12.8. The zero-order chi connectivity index (χ0) is 26.9. The van der Waals surface area contributed by atoms with E-state index >= 15 is 0 Å². The van der Waals surface area contributed by atoms with Crippen LogP contribution in [0.4, 0.5) is 4.79 Å². The lowest BCUT2D eigenvalue weighted by molar-refractivity contribution is -0.144. The molecule has 2 N–H and O–H groups in total. The summed E-state index contributed by atoms with van der Waals surface area (Å²) in [5.74, 6) is -1.84. The van der Waals surface area contributed by atoms with E-state index in [1.807, 2.05) is 20.4 Å². The molecule has 36 heavy (non-hydrogen) atoms. The maximum absolute atomic E-state index is 12.8. The Kier molecular flexibility index (Phi) is 10.8. The van der Waals surface area contributed by atoms with E-state index in [9.17, 15) is 22.8 Å². The largest absolute Gasteiger partial charge is 0.448 e. The smallest absolute Gasteiger partial charge is 0.407 e. The molecule has 0 radical (unpaired) electrons. The van der Waals surface area contributed by atoms with E-state index < -0.39 is 42.5 Å². The summed E-state index contributed by atoms with van der Waals surface area (Å²) in [6.45, 7) is 7.27. The van der Waals surface area contributed by atoms with Crippen LogP contribution in [0, 0.1) is 5.92 Å². The summed E-state index contributed by atoms with van der Waals surface area (Å²) < 4.78 is 48.1. The number of hydrogen-bond donors (Lipinski definition) is 2. The molecule has 12 nitrogen and oxygen atoms in total. The summed E-state index contributed by atoms with van der Waals surface area (Å²) in [5, 5.41) is 5.06. The number of carbonyl (C=O) groups is 3. The van der Waals surface area contributed by atoms with Gasteiger partial charge in [0.1, 0.15) is 12.5 Å². The Labute approximate surface area is 212 Å². The van der Waals surface area contributed by atoms with Crippen LogP contribution in [0.25, 0.3) is 0 Å². The van der Waals surface area contributed by atoms with Crippen LogP contribution in [0.2, 0.25) is 12.6 Å². The lowest BCUT2D eigenvalue weighted by atomic mass is 9.99. The first-order valence-electron chi connectivity index (χ1n) is 11.8. The molecule has 1 atom stereocenters. The highest BCUT2D eigenvalue weighted by molar-refractivity contribution is 7.85. The maximum Gasteiger partial charge on any atom is 0.407 e. The Morgan fingerprint density at radius 3 is 2.28 bits per heavy atom. The molecule has 1 fully saturated rings. The van der Waals surface area contributed by atoms with Crippen molar-refractivity contribution in [3.8, 4) is 0 Å². The third kappa shape index (κ3) is 8.26. The molecule has 0 bridgehead atoms. The van der Waals surface area contributed by atoms with Crippen LogP contribution in [0.1, 0.15) is 25.8 Å². The lowest BCUT2D eigenvalue weighted by Crippen LogP contribution is -2.41. The van der Waals surface area contributed by atoms with Crippen molar-refractivity contribution < 1.29 is 40.9 Å². The van der Waals surface area contributed by atoms with Gasteiger partial charge in [-0.2, -0.15) is 8.42 Å². The first-order chi connectivity index (χ1) is 16.9. The molecule has 1 heterocycles. The molecule has 2 rings (SSSR count). The van der Waals surface area contributed by atoms with E-state index in [4.69, 9.17) is 18.1 Å². The van der Waals surface area contributed by atoms with E-state index in [1.165, 1.54) is 41.3 Å². The van der Waals surface area contributed by atoms with Gasteiger partial charge in [0.15, 0.2) is 0 Å². The van der Waals surface area contributed by atoms with Crippen LogP contribution < -0.4 is 5.32 Å². The van der Waals surface area contributed by atoms with Crippen molar-refractivity contribution in [2.24, 2.45) is 5.92 Å². The molecule has 202 valence electrons. The van der Waals surface area contributed by atoms with Gasteiger partial charge >= 0.3 is 14.7 Å². The van der Waals surface area contributed by atoms with Gasteiger partial charge in [-0.25, -0.2) is 9.80 Å². The minimum atomic E-state index is -4.33. The van der Waals surface area contributed by atoms with Crippen molar-refractivity contribution in [2.75, 3.05) is 40.0 Å². The van der Waals surface area contributed by atoms with Gasteiger partial charge in [-0.15, -0.1) is 0 Å². The highest BCUT2D eigenvalue weighted by Gasteiger charge is 2.43. The molecule has 0 aliphatic carbocycles. The molecule has 1 saturated heterocycles. The molecule has 14 heteroatoms. The summed E-state index contributed by atoms with van der Waals surface area (Å²) >= 11 is 0. The number of rotatable bonds is 14. The molecule has 1 aliphatic rings. The van der Waals surface area contributed by atoms with Crippen molar-refractivity contribution in [3.63, 3.8) is 0 Å². The Bertz CT molecular complexity index is 1010. The fourth-order valence-electron chi connectivity index (χ4n) is 3.92. The Morgan fingerprint density at radius 1 is 1.11 bits per heavy atom. The molecule has 3 amide bonds. The van der Waals surface area contributed by atoms with Crippen LogP contribution >= 0.6 is 0 Å². The monoisotopic (exact) mass is 545 g/mol. The first-order valence-corrected chi connectivity index (χ1v) is 15.7. The van der Waals surface area contributed by atoms with Crippen LogP contribution in [0.5, 0.6) is 0 Å². The minimum absolute atomic E-state index is 0.00630. The van der Waals surface area contributed by atoms with Gasteiger partial charge in [0, 0.05) is 26.8 Å². The number of alkyl carbamates (subject to hydrolysis) is 1. The predicted molar refractivity (Wildman–Crippen MR) is 132 cm³/mol. The number of amides is 3. The van der Waals surface area contributed by atoms with Crippen LogP contribution in [-0.2, 0) is 39.7 Å². The van der Waals surface area contributed by atoms with E-state index in [-0.39, 0.29) is 24.5 Å². The van der Waals surface area contributed by atoms with Crippen molar-refractivity contribution in [1.82, 2.24) is 15.3 Å². The average Bonchev–Trinajstić information content (AvgIpc) is 3.00. The quantitative estimate of drug-likeness (QED) is 0.154. The molecular formula is C22H35N3O9SSi. The van der Waals surface area contributed by atoms with Gasteiger partial charge < -0.3 is 18.9 Å². The second-order valence-corrected chi connectivity index (χ2v) is 13.1. The highest BCUT2D eigenvalue weighted by atomic mass is 32.2. The van der Waals surface area contributed by atoms with Crippen molar-refractivity contribution >= 4 is 36.6 Å². The number of nitrogens with zero attached hydrogens (tertiary/aromatic N) is 2. The first kappa shape index (κ1) is 29.7. The zero-order valence-corrected chi connectivity index (χ0v) is 22.9. The van der Waals surface area contributed by atoms with Crippen molar-refractivity contribution in [1.29, 1.82) is 0 Å². The minimum Gasteiger partial charge on any atom is -0.448 e. The van der Waals surface area contributed by atoms with Crippen molar-refractivity contribution in [2.45, 2.75) is 44.2 Å². The van der Waals surface area contributed by atoms with Crippen LogP contribution in [-0.4, -0.2) is 89.4 Å². The number of ether oxygens (including phenoxy) is 1. The second kappa shape index (κ2) is 13.1. The molecule has 1 aromatic rings. The van der Waals surface area contributed by atoms with E-state index in [1.54, 1.807) is 0 Å². The average molecular weight is 546 g/mol. The predicted octanol–water partition coefficient (Wildman–Crippen LogP) is 1.57. The number of benzene rings is 1. The molecule has 1 aliphatic heterocycles. The van der Waals surface area contributed by atoms with Crippen molar-refractivity contribution in [3.05, 3.63) is 29.8 Å². The van der Waals surface area contributed by atoms with Gasteiger partial charge in [-0.1, -0.05) is 12.1 Å². The highest BCUT2D eigenvalue weighted by Crippen LogP contribution is 2.23. The van der Waals surface area contributed by atoms with Gasteiger partial charge in [0.2, 0.25) is 0 Å². The van der Waals surface area contributed by atoms with Gasteiger partial charge in [-0.05, 0) is 57.0 Å². The molecule has 0 aromatic heterocycles. The van der Waals surface area contributed by atoms with E-state index in [2.05, 4.69) is 5.32 Å². The van der Waals surface area contributed by atoms with E-state index in [0.29, 0.717) is 31.7 Å². The van der Waals surface area contributed by atoms with E-state index in [0.717, 1.165) is 6.04 Å². The fraction of sp³-hybridized carbons (Fsp3) is 0.591. The number of carbonyl (C=O) groups excluding carboxylic acids is 3. The summed E-state index contributed by atoms with van der Waals surface area (Å²) in [4.78, 5) is 37.1. The zero-order valence-electron chi connectivity index (χ0n) is 21.1. The van der Waals surface area contributed by atoms with Gasteiger partial charge in [0.05, 0.1) is 11.4 Å². The number of hydrogen-bond acceptors (Lipinski definition) is 8. The second-order valence-electron chi connectivity index (χ2n) is 8.37. The summed E-state index contributed by atoms with van der Waals surface area (Å²) in [5.41, 5.74) is 0.563. The third-order valence-corrected chi connectivity index (χ3v) is 9.63. The molecule has 0 spiro atoms. The topological polar surface area (TPSA) is 152 Å². The Morgan fingerprint density at radius 2 is 1.72 bits per heavy atom. The van der Waals surface area contributed by atoms with Gasteiger partial charge in [-0.3, -0.25) is 19.2 Å². The lowest BCUT2D eigenvalue weighted by Gasteiger charge is -2.26. The Hall–Kier alpha value is -2.52. The molecular weight excluding hydrogens is 510 g/mol. The molecule has 0 saturated carbocycles. The normalized spacial score (nSPS) is 16.5. The van der Waals surface area contributed by atoms with Gasteiger partial charge in [0.25, 0.3) is 21.9 Å². The number of hydrazine groups is 1. The summed E-state index contributed by atoms with van der Waals surface area (Å²) in [6, 6.07) is 6.02. The molecule has 1 aromatic carbocycles. The summed E-state index contributed by atoms with van der Waals surface area (Å²) in [7, 11) is -5.12. The Balaban J connectivity index is 1.79. The SMILES string of the molecule is CCO[Si](C)(CCCNC(=O)OCCN1C(=O)C(Cc2ccc(S(=O)(=O)O)cc2)C(=O)N1C)OCC. The van der Waals surface area contributed by atoms with Crippen LogP contribution in [0.15, 0.2) is 29.2 Å². The standard InChI is InChI=1S/C22H35N3O9SSi/c1-5-33-36(4,34-6-2)15-7-12-23-22(28)32-14-13-25-21(27)19(20(26)24(25)3)16-17-8-10-18(11-9-17)35(29,30)31/h8-11,19H,5-7,12-16H2,1-4H3,(H,23,28)(H,29,30,31). The fourth-order valence-corrected chi connectivity index (χ4v) is 6.81. The summed E-state index contributed by atoms with van der Waals surface area (Å²) in [6.07, 6.45) is 0.117. The molecule has 1 unspecified atom stereocenters. The third-order valence-electron chi connectivity index (χ3n) is 5.71. The van der Waals surface area contributed by atoms with Crippen LogP contribution in [0.3, 0.4) is 0 Å².